The summed E-state index contributed by atoms with van der Waals surface area (Å²) in [4.78, 5) is 23.4. The van der Waals surface area contributed by atoms with Gasteiger partial charge in [-0.1, -0.05) is 43.7 Å². The average molecular weight is 295 g/mol. The molecule has 1 N–H and O–H groups in total. The second kappa shape index (κ2) is 7.59. The van der Waals surface area contributed by atoms with E-state index in [4.69, 9.17) is 0 Å². The Morgan fingerprint density at radius 2 is 1.86 bits per heavy atom. The first-order valence-corrected chi connectivity index (χ1v) is 6.57. The van der Waals surface area contributed by atoms with E-state index >= 15 is 0 Å². The molecule has 106 valence electrons. The van der Waals surface area contributed by atoms with Crippen LogP contribution in [0.5, 0.6) is 0 Å². The van der Waals surface area contributed by atoms with Crippen LogP contribution in [0.3, 0.4) is 0 Å². The normalized spacial score (nSPS) is 10.0. The van der Waals surface area contributed by atoms with Crippen LogP contribution in [0.4, 0.5) is 0 Å². The summed E-state index contributed by atoms with van der Waals surface area (Å²) in [6.07, 6.45) is 1.35. The Morgan fingerprint density at radius 1 is 1.24 bits per heavy atom. The summed E-state index contributed by atoms with van der Waals surface area (Å²) in [5, 5.41) is 9.25. The Bertz CT molecular complexity index is 693. The number of aromatic nitrogens is 1. The second-order valence-electron chi connectivity index (χ2n) is 4.70. The molecule has 0 atom stereocenters. The van der Waals surface area contributed by atoms with Crippen LogP contribution in [0.1, 0.15) is 29.4 Å². The topological polar surface area (TPSA) is 59.3 Å². The summed E-state index contributed by atoms with van der Waals surface area (Å²) < 4.78 is 1.81. The van der Waals surface area contributed by atoms with Crippen LogP contribution in [0, 0.1) is 0 Å². The van der Waals surface area contributed by atoms with Crippen molar-refractivity contribution in [2.24, 2.45) is 7.05 Å². The van der Waals surface area contributed by atoms with Gasteiger partial charge in [0.25, 0.3) is 0 Å². The summed E-state index contributed by atoms with van der Waals surface area (Å²) in [5.74, 6) is -1.16. The van der Waals surface area contributed by atoms with Crippen molar-refractivity contribution in [3.8, 4) is 11.3 Å². The van der Waals surface area contributed by atoms with Gasteiger partial charge in [0.1, 0.15) is 5.56 Å². The van der Waals surface area contributed by atoms with Crippen molar-refractivity contribution in [2.75, 3.05) is 0 Å². The molecule has 0 radical (unpaired) electrons. The molecule has 0 aliphatic heterocycles. The standard InChI is InChI=1S/C16H17NO3.Na.H/c1-3-7-12-15(16(19)20)14(18)10-13(17(12)2)11-8-5-4-6-9-11;;/h4-6,8-10H,3,7H2,1-2H3,(H,19,20);;. The minimum atomic E-state index is -1.16. The van der Waals surface area contributed by atoms with Gasteiger partial charge in [-0.2, -0.15) is 0 Å². The number of pyridine rings is 1. The Hall–Kier alpha value is -1.36. The SMILES string of the molecule is CCCc1c(C(=O)O)c(=O)cc(-c2ccccc2)n1C.[NaH]. The van der Waals surface area contributed by atoms with Crippen LogP contribution in [0.2, 0.25) is 0 Å². The van der Waals surface area contributed by atoms with E-state index in [-0.39, 0.29) is 35.1 Å². The van der Waals surface area contributed by atoms with Crippen LogP contribution in [0.25, 0.3) is 11.3 Å². The monoisotopic (exact) mass is 295 g/mol. The number of aromatic carboxylic acids is 1. The number of hydrogen-bond donors (Lipinski definition) is 1. The predicted octanol–water partition coefficient (Wildman–Crippen LogP) is 2.05. The second-order valence-corrected chi connectivity index (χ2v) is 4.70. The van der Waals surface area contributed by atoms with Gasteiger partial charge in [0, 0.05) is 18.8 Å². The van der Waals surface area contributed by atoms with Crippen LogP contribution in [-0.4, -0.2) is 45.2 Å². The number of carboxylic acids is 1. The maximum atomic E-state index is 12.1. The Balaban J connectivity index is 0.00000220. The fourth-order valence-corrected chi connectivity index (χ4v) is 2.39. The molecule has 1 aromatic carbocycles. The number of carbonyl (C=O) groups is 1. The molecule has 0 spiro atoms. The zero-order chi connectivity index (χ0) is 14.7. The Labute approximate surface area is 145 Å². The summed E-state index contributed by atoms with van der Waals surface area (Å²) >= 11 is 0. The zero-order valence-corrected chi connectivity index (χ0v) is 11.6. The maximum absolute atomic E-state index is 12.1. The third-order valence-electron chi connectivity index (χ3n) is 3.34. The molecular weight excluding hydrogens is 277 g/mol. The number of carboxylic acid groups (broad SMARTS) is 1. The van der Waals surface area contributed by atoms with E-state index in [9.17, 15) is 14.7 Å². The fourth-order valence-electron chi connectivity index (χ4n) is 2.39. The van der Waals surface area contributed by atoms with E-state index in [2.05, 4.69) is 0 Å². The van der Waals surface area contributed by atoms with Crippen molar-refractivity contribution in [3.63, 3.8) is 0 Å². The molecule has 4 nitrogen and oxygen atoms in total. The fraction of sp³-hybridized carbons (Fsp3) is 0.250. The first kappa shape index (κ1) is 17.7. The van der Waals surface area contributed by atoms with Gasteiger partial charge in [-0.25, -0.2) is 4.79 Å². The molecule has 1 heterocycles. The Kier molecular flexibility index (Phi) is 6.40. The molecular formula is C16H18NNaO3. The Morgan fingerprint density at radius 3 is 2.38 bits per heavy atom. The van der Waals surface area contributed by atoms with Crippen molar-refractivity contribution < 1.29 is 9.90 Å². The van der Waals surface area contributed by atoms with Gasteiger partial charge in [0.2, 0.25) is 0 Å². The average Bonchev–Trinajstić information content (AvgIpc) is 2.43. The van der Waals surface area contributed by atoms with Gasteiger partial charge in [0.05, 0.1) is 5.69 Å². The summed E-state index contributed by atoms with van der Waals surface area (Å²) in [7, 11) is 1.80. The van der Waals surface area contributed by atoms with Crippen LogP contribution < -0.4 is 5.43 Å². The minimum absolute atomic E-state index is 0. The molecule has 2 aromatic rings. The molecule has 0 aliphatic carbocycles. The number of hydrogen-bond acceptors (Lipinski definition) is 2. The van der Waals surface area contributed by atoms with Gasteiger partial charge in [-0.05, 0) is 12.0 Å². The number of rotatable bonds is 4. The number of benzene rings is 1. The molecule has 5 heteroatoms. The van der Waals surface area contributed by atoms with E-state index < -0.39 is 11.4 Å². The van der Waals surface area contributed by atoms with Crippen LogP contribution in [-0.2, 0) is 13.5 Å². The van der Waals surface area contributed by atoms with Crippen molar-refractivity contribution in [2.45, 2.75) is 19.8 Å². The molecule has 1 aromatic heterocycles. The molecule has 21 heavy (non-hydrogen) atoms. The summed E-state index contributed by atoms with van der Waals surface area (Å²) in [6, 6.07) is 10.9. The van der Waals surface area contributed by atoms with Crippen molar-refractivity contribution in [1.29, 1.82) is 0 Å². The van der Waals surface area contributed by atoms with Gasteiger partial charge >= 0.3 is 35.5 Å². The van der Waals surface area contributed by atoms with E-state index in [1.165, 1.54) is 6.07 Å². The molecule has 0 saturated heterocycles. The third-order valence-corrected chi connectivity index (χ3v) is 3.34. The van der Waals surface area contributed by atoms with E-state index in [0.29, 0.717) is 12.1 Å². The first-order chi connectivity index (χ1) is 9.56. The molecule has 0 aliphatic rings. The summed E-state index contributed by atoms with van der Waals surface area (Å²) in [6.45, 7) is 1.96. The molecule has 2 rings (SSSR count). The van der Waals surface area contributed by atoms with E-state index in [1.807, 2.05) is 41.8 Å². The number of nitrogens with zero attached hydrogens (tertiary/aromatic N) is 1. The van der Waals surface area contributed by atoms with Crippen molar-refractivity contribution in [3.05, 3.63) is 57.9 Å². The summed E-state index contributed by atoms with van der Waals surface area (Å²) in [5.41, 5.74) is 1.67. The van der Waals surface area contributed by atoms with Crippen LogP contribution in [0.15, 0.2) is 41.2 Å². The van der Waals surface area contributed by atoms with Gasteiger partial charge in [-0.15, -0.1) is 0 Å². The van der Waals surface area contributed by atoms with Gasteiger partial charge in [0.15, 0.2) is 5.43 Å². The van der Waals surface area contributed by atoms with Gasteiger partial charge in [-0.3, -0.25) is 4.79 Å². The molecule has 0 amide bonds. The molecule has 0 unspecified atom stereocenters. The van der Waals surface area contributed by atoms with Crippen molar-refractivity contribution in [1.82, 2.24) is 4.57 Å². The molecule has 0 saturated carbocycles. The van der Waals surface area contributed by atoms with E-state index in [0.717, 1.165) is 17.7 Å². The molecule has 0 fully saturated rings. The van der Waals surface area contributed by atoms with Crippen molar-refractivity contribution >= 4 is 35.5 Å². The predicted molar refractivity (Wildman–Crippen MR) is 85.2 cm³/mol. The quantitative estimate of drug-likeness (QED) is 0.878. The zero-order valence-electron chi connectivity index (χ0n) is 11.6. The molecule has 0 bridgehead atoms. The third kappa shape index (κ3) is 3.64. The van der Waals surface area contributed by atoms with Gasteiger partial charge < -0.3 is 9.67 Å². The van der Waals surface area contributed by atoms with Crippen LogP contribution >= 0.6 is 0 Å². The first-order valence-electron chi connectivity index (χ1n) is 6.57. The van der Waals surface area contributed by atoms with E-state index in [1.54, 1.807) is 7.05 Å².